The van der Waals surface area contributed by atoms with E-state index in [1.807, 2.05) is 0 Å². The van der Waals surface area contributed by atoms with Crippen molar-refractivity contribution in [1.82, 2.24) is 5.32 Å². The number of ether oxygens (including phenoxy) is 2. The number of carboxylic acid groups (broad SMARTS) is 1. The number of amides is 1. The largest absolute Gasteiger partial charge is 0.480 e. The summed E-state index contributed by atoms with van der Waals surface area (Å²) < 4.78 is 11.4. The molecule has 1 amide bonds. The van der Waals surface area contributed by atoms with Gasteiger partial charge in [-0.25, -0.2) is 4.79 Å². The third kappa shape index (κ3) is 46.6. The second-order valence-electron chi connectivity index (χ2n) is 18.8. The van der Waals surface area contributed by atoms with E-state index in [2.05, 4.69) is 26.1 Å². The lowest BCUT2D eigenvalue weighted by molar-refractivity contribution is -0.157. The minimum Gasteiger partial charge on any atom is -0.480 e. The maximum absolute atomic E-state index is 12.9. The standard InChI is InChI=1S/C54H103NO7S/c1-4-7-10-13-16-19-22-25-28-31-34-37-40-43-51(56)55-50(54(59)60)48-63-47-49(62-53(58)45-42-39-36-33-30-27-24-21-18-15-12-9-6-3)46-61-52(57)44-41-38-35-32-29-26-23-20-17-14-11-8-5-2/h49-50H,4-48H2,1-3H3,(H,55,56)(H,59,60)/t49-,50?/m1/s1. The minimum absolute atomic E-state index is 0.0439. The van der Waals surface area contributed by atoms with Gasteiger partial charge in [0.05, 0.1) is 0 Å². The zero-order valence-corrected chi connectivity index (χ0v) is 42.6. The highest BCUT2D eigenvalue weighted by atomic mass is 32.2. The van der Waals surface area contributed by atoms with Gasteiger partial charge in [-0.15, -0.1) is 0 Å². The summed E-state index contributed by atoms with van der Waals surface area (Å²) in [6, 6.07) is -1.04. The van der Waals surface area contributed by atoms with Crippen molar-refractivity contribution < 1.29 is 33.8 Å². The second-order valence-corrected chi connectivity index (χ2v) is 19.8. The molecule has 372 valence electrons. The van der Waals surface area contributed by atoms with Gasteiger partial charge in [-0.05, 0) is 19.3 Å². The van der Waals surface area contributed by atoms with E-state index in [1.54, 1.807) is 0 Å². The molecule has 2 atom stereocenters. The third-order valence-electron chi connectivity index (χ3n) is 12.4. The molecule has 0 saturated carbocycles. The van der Waals surface area contributed by atoms with Gasteiger partial charge in [0.15, 0.2) is 0 Å². The molecule has 0 aromatic heterocycles. The Balaban J connectivity index is 4.59. The van der Waals surface area contributed by atoms with Crippen LogP contribution in [0.25, 0.3) is 0 Å². The van der Waals surface area contributed by atoms with E-state index < -0.39 is 18.1 Å². The number of hydrogen-bond acceptors (Lipinski definition) is 7. The minimum atomic E-state index is -1.08. The molecule has 0 radical (unpaired) electrons. The molecule has 8 nitrogen and oxygen atoms in total. The normalized spacial score (nSPS) is 12.3. The van der Waals surface area contributed by atoms with Gasteiger partial charge in [0.25, 0.3) is 0 Å². The Labute approximate surface area is 393 Å². The zero-order chi connectivity index (χ0) is 46.1. The first kappa shape index (κ1) is 61.2. The second kappa shape index (κ2) is 49.7. The van der Waals surface area contributed by atoms with E-state index in [4.69, 9.17) is 9.47 Å². The molecule has 1 unspecified atom stereocenters. The third-order valence-corrected chi connectivity index (χ3v) is 13.6. The number of hydrogen-bond donors (Lipinski definition) is 2. The summed E-state index contributed by atoms with van der Waals surface area (Å²) in [5.74, 6) is -1.49. The fraction of sp³-hybridized carbons (Fsp3) is 0.926. The Morgan fingerprint density at radius 1 is 0.413 bits per heavy atom. The smallest absolute Gasteiger partial charge is 0.327 e. The summed E-state index contributed by atoms with van der Waals surface area (Å²) >= 11 is 1.30. The highest BCUT2D eigenvalue weighted by Crippen LogP contribution is 2.18. The first-order chi connectivity index (χ1) is 30.8. The predicted molar refractivity (Wildman–Crippen MR) is 269 cm³/mol. The van der Waals surface area contributed by atoms with Crippen LogP contribution in [0.1, 0.15) is 290 Å². The molecule has 9 heteroatoms. The topological polar surface area (TPSA) is 119 Å². The van der Waals surface area contributed by atoms with E-state index in [9.17, 15) is 24.3 Å². The summed E-state index contributed by atoms with van der Waals surface area (Å²) in [7, 11) is 0. The Morgan fingerprint density at radius 2 is 0.714 bits per heavy atom. The van der Waals surface area contributed by atoms with Crippen LogP contribution in [0, 0.1) is 0 Å². The van der Waals surface area contributed by atoms with Crippen LogP contribution in [0.5, 0.6) is 0 Å². The molecule has 0 aliphatic heterocycles. The van der Waals surface area contributed by atoms with Gasteiger partial charge in [-0.1, -0.05) is 252 Å². The van der Waals surface area contributed by atoms with Crippen molar-refractivity contribution in [3.8, 4) is 0 Å². The van der Waals surface area contributed by atoms with E-state index in [-0.39, 0.29) is 36.0 Å². The SMILES string of the molecule is CCCCCCCCCCCCCCCC(=O)NC(CSC[C@@H](COC(=O)CCCCCCCCCCCCCCC)OC(=O)CCCCCCCCCCCCCCC)C(=O)O. The molecule has 0 bridgehead atoms. The number of unbranched alkanes of at least 4 members (excludes halogenated alkanes) is 36. The van der Waals surface area contributed by atoms with Gasteiger partial charge in [-0.3, -0.25) is 14.4 Å². The highest BCUT2D eigenvalue weighted by Gasteiger charge is 2.23. The van der Waals surface area contributed by atoms with Crippen LogP contribution in [0.3, 0.4) is 0 Å². The summed E-state index contributed by atoms with van der Waals surface area (Å²) in [5.41, 5.74) is 0. The fourth-order valence-electron chi connectivity index (χ4n) is 8.26. The van der Waals surface area contributed by atoms with Crippen LogP contribution in [-0.2, 0) is 28.7 Å². The number of esters is 2. The van der Waals surface area contributed by atoms with Gasteiger partial charge in [0.1, 0.15) is 18.8 Å². The van der Waals surface area contributed by atoms with Crippen LogP contribution < -0.4 is 5.32 Å². The van der Waals surface area contributed by atoms with Crippen molar-refractivity contribution in [3.63, 3.8) is 0 Å². The highest BCUT2D eigenvalue weighted by molar-refractivity contribution is 7.99. The van der Waals surface area contributed by atoms with E-state index >= 15 is 0 Å². The van der Waals surface area contributed by atoms with E-state index in [0.29, 0.717) is 19.3 Å². The molecule has 0 rings (SSSR count). The Morgan fingerprint density at radius 3 is 1.05 bits per heavy atom. The van der Waals surface area contributed by atoms with Crippen LogP contribution in [0.4, 0.5) is 0 Å². The van der Waals surface area contributed by atoms with Crippen molar-refractivity contribution in [2.75, 3.05) is 18.1 Å². The molecular formula is C54H103NO7S. The molecular weight excluding hydrogens is 807 g/mol. The monoisotopic (exact) mass is 910 g/mol. The number of aliphatic carboxylic acids is 1. The molecule has 0 saturated heterocycles. The van der Waals surface area contributed by atoms with E-state index in [1.165, 1.54) is 204 Å². The number of carboxylic acids is 1. The van der Waals surface area contributed by atoms with Crippen molar-refractivity contribution >= 4 is 35.6 Å². The molecule has 0 spiro atoms. The Hall–Kier alpha value is -1.77. The number of carbonyl (C=O) groups is 4. The Bertz CT molecular complexity index is 1030. The van der Waals surface area contributed by atoms with Crippen molar-refractivity contribution in [1.29, 1.82) is 0 Å². The average molecular weight is 910 g/mol. The first-order valence-corrected chi connectivity index (χ1v) is 28.4. The van der Waals surface area contributed by atoms with Crippen LogP contribution in [-0.4, -0.2) is 59.2 Å². The number of nitrogens with one attached hydrogen (secondary N) is 1. The van der Waals surface area contributed by atoms with Crippen molar-refractivity contribution in [3.05, 3.63) is 0 Å². The molecule has 0 heterocycles. The zero-order valence-electron chi connectivity index (χ0n) is 41.8. The number of rotatable bonds is 51. The molecule has 0 aliphatic rings. The molecule has 0 aliphatic carbocycles. The lowest BCUT2D eigenvalue weighted by Gasteiger charge is -2.19. The first-order valence-electron chi connectivity index (χ1n) is 27.3. The van der Waals surface area contributed by atoms with Gasteiger partial charge >= 0.3 is 17.9 Å². The van der Waals surface area contributed by atoms with Crippen LogP contribution in [0.15, 0.2) is 0 Å². The quantitative estimate of drug-likeness (QED) is 0.0457. The van der Waals surface area contributed by atoms with E-state index in [0.717, 1.165) is 57.8 Å². The maximum Gasteiger partial charge on any atom is 0.327 e. The predicted octanol–water partition coefficient (Wildman–Crippen LogP) is 16.2. The summed E-state index contributed by atoms with van der Waals surface area (Å²) in [5, 5.41) is 12.6. The summed E-state index contributed by atoms with van der Waals surface area (Å²) in [6.07, 6.45) is 48.4. The average Bonchev–Trinajstić information content (AvgIpc) is 3.27. The molecule has 63 heavy (non-hydrogen) atoms. The summed E-state index contributed by atoms with van der Waals surface area (Å²) in [4.78, 5) is 50.3. The van der Waals surface area contributed by atoms with Crippen LogP contribution in [0.2, 0.25) is 0 Å². The molecule has 0 aromatic carbocycles. The van der Waals surface area contributed by atoms with Gasteiger partial charge < -0.3 is 19.9 Å². The molecule has 2 N–H and O–H groups in total. The summed E-state index contributed by atoms with van der Waals surface area (Å²) in [6.45, 7) is 6.72. The lowest BCUT2D eigenvalue weighted by atomic mass is 10.0. The van der Waals surface area contributed by atoms with Gasteiger partial charge in [-0.2, -0.15) is 11.8 Å². The number of carbonyl (C=O) groups excluding carboxylic acids is 3. The van der Waals surface area contributed by atoms with Crippen molar-refractivity contribution in [2.24, 2.45) is 0 Å². The maximum atomic E-state index is 12.9. The molecule has 0 aromatic rings. The van der Waals surface area contributed by atoms with Crippen molar-refractivity contribution in [2.45, 2.75) is 303 Å². The lowest BCUT2D eigenvalue weighted by Crippen LogP contribution is -2.42. The fourth-order valence-corrected chi connectivity index (χ4v) is 9.28. The Kier molecular flexibility index (Phi) is 48.3. The van der Waals surface area contributed by atoms with Gasteiger partial charge in [0.2, 0.25) is 5.91 Å². The van der Waals surface area contributed by atoms with Crippen LogP contribution >= 0.6 is 11.8 Å². The molecule has 0 fully saturated rings. The van der Waals surface area contributed by atoms with Gasteiger partial charge in [0, 0.05) is 30.8 Å². The number of thioether (sulfide) groups is 1.